The van der Waals surface area contributed by atoms with Gasteiger partial charge in [-0.2, -0.15) is 0 Å². The highest BCUT2D eigenvalue weighted by molar-refractivity contribution is 7.11. The molecule has 0 aliphatic carbocycles. The lowest BCUT2D eigenvalue weighted by Gasteiger charge is -2.15. The highest BCUT2D eigenvalue weighted by atomic mass is 32.1. The first kappa shape index (κ1) is 14.5. The molecule has 0 bridgehead atoms. The van der Waals surface area contributed by atoms with Crippen LogP contribution in [0.5, 0.6) is 0 Å². The second-order valence-electron chi connectivity index (χ2n) is 4.80. The Kier molecular flexibility index (Phi) is 4.74. The number of urea groups is 1. The van der Waals surface area contributed by atoms with Gasteiger partial charge in [-0.3, -0.25) is 0 Å². The Labute approximate surface area is 123 Å². The molecule has 0 aliphatic rings. The van der Waals surface area contributed by atoms with Gasteiger partial charge in [0.05, 0.1) is 17.6 Å². The molecular formula is C15H19N3OS. The summed E-state index contributed by atoms with van der Waals surface area (Å²) in [5, 5.41) is 6.78. The number of aromatic nitrogens is 1. The summed E-state index contributed by atoms with van der Waals surface area (Å²) in [6, 6.07) is 7.99. The van der Waals surface area contributed by atoms with Crippen LogP contribution in [0.4, 0.5) is 4.79 Å². The molecule has 1 unspecified atom stereocenters. The fraction of sp³-hybridized carbons (Fsp3) is 0.333. The minimum Gasteiger partial charge on any atom is -0.333 e. The lowest BCUT2D eigenvalue weighted by molar-refractivity contribution is 0.237. The van der Waals surface area contributed by atoms with Crippen LogP contribution in [0.25, 0.3) is 0 Å². The number of rotatable bonds is 4. The van der Waals surface area contributed by atoms with Crippen LogP contribution in [-0.2, 0) is 6.54 Å². The lowest BCUT2D eigenvalue weighted by atomic mass is 10.1. The number of hydrogen-bond donors (Lipinski definition) is 2. The molecule has 0 saturated carbocycles. The van der Waals surface area contributed by atoms with Crippen molar-refractivity contribution in [3.63, 3.8) is 0 Å². The molecule has 1 aromatic carbocycles. The van der Waals surface area contributed by atoms with Crippen molar-refractivity contribution < 1.29 is 4.79 Å². The Hall–Kier alpha value is -1.88. The first-order valence-corrected chi connectivity index (χ1v) is 7.38. The van der Waals surface area contributed by atoms with Gasteiger partial charge >= 0.3 is 6.03 Å². The van der Waals surface area contributed by atoms with E-state index in [9.17, 15) is 4.79 Å². The minimum absolute atomic E-state index is 0.0150. The van der Waals surface area contributed by atoms with Crippen LogP contribution in [0.1, 0.15) is 34.0 Å². The van der Waals surface area contributed by atoms with Crippen molar-refractivity contribution in [2.45, 2.75) is 33.4 Å². The third-order valence-electron chi connectivity index (χ3n) is 3.02. The van der Waals surface area contributed by atoms with Crippen LogP contribution in [0, 0.1) is 13.8 Å². The third kappa shape index (κ3) is 4.06. The summed E-state index contributed by atoms with van der Waals surface area (Å²) in [6.07, 6.45) is 1.80. The van der Waals surface area contributed by atoms with E-state index in [0.717, 1.165) is 15.4 Å². The van der Waals surface area contributed by atoms with Gasteiger partial charge < -0.3 is 10.6 Å². The molecule has 0 aliphatic heterocycles. The number of hydrogen-bond acceptors (Lipinski definition) is 3. The Morgan fingerprint density at radius 3 is 2.60 bits per heavy atom. The highest BCUT2D eigenvalue weighted by Gasteiger charge is 2.09. The topological polar surface area (TPSA) is 54.0 Å². The van der Waals surface area contributed by atoms with Gasteiger partial charge in [0, 0.05) is 11.1 Å². The minimum atomic E-state index is -0.163. The monoisotopic (exact) mass is 289 g/mol. The van der Waals surface area contributed by atoms with Gasteiger partial charge in [-0.15, -0.1) is 11.3 Å². The molecule has 0 radical (unpaired) electrons. The average Bonchev–Trinajstić information content (AvgIpc) is 2.83. The van der Waals surface area contributed by atoms with Crippen LogP contribution in [0.3, 0.4) is 0 Å². The van der Waals surface area contributed by atoms with Crippen molar-refractivity contribution in [3.05, 3.63) is 51.5 Å². The van der Waals surface area contributed by atoms with Crippen molar-refractivity contribution in [3.8, 4) is 0 Å². The Morgan fingerprint density at radius 2 is 2.00 bits per heavy atom. The molecule has 5 heteroatoms. The summed E-state index contributed by atoms with van der Waals surface area (Å²) in [4.78, 5) is 17.1. The summed E-state index contributed by atoms with van der Waals surface area (Å²) < 4.78 is 0. The van der Waals surface area contributed by atoms with Gasteiger partial charge in [0.25, 0.3) is 0 Å². The number of benzene rings is 1. The lowest BCUT2D eigenvalue weighted by Crippen LogP contribution is -2.36. The number of carbonyl (C=O) groups is 1. The maximum absolute atomic E-state index is 11.8. The molecule has 20 heavy (non-hydrogen) atoms. The van der Waals surface area contributed by atoms with Gasteiger partial charge in [0.15, 0.2) is 0 Å². The first-order chi connectivity index (χ1) is 9.54. The third-order valence-corrected chi connectivity index (χ3v) is 3.93. The Bertz CT molecular complexity index is 577. The van der Waals surface area contributed by atoms with Crippen molar-refractivity contribution in [2.75, 3.05) is 0 Å². The molecule has 0 saturated heterocycles. The molecule has 2 aromatic rings. The SMILES string of the molecule is Cc1ccc(C(C)NC(=O)NCc2cnc(C)s2)cc1. The molecule has 4 nitrogen and oxygen atoms in total. The zero-order chi connectivity index (χ0) is 14.5. The zero-order valence-electron chi connectivity index (χ0n) is 11.9. The molecule has 2 N–H and O–H groups in total. The number of carbonyl (C=O) groups excluding carboxylic acids is 1. The quantitative estimate of drug-likeness (QED) is 0.907. The predicted molar refractivity (Wildman–Crippen MR) is 81.8 cm³/mol. The van der Waals surface area contributed by atoms with E-state index >= 15 is 0 Å². The van der Waals surface area contributed by atoms with E-state index in [2.05, 4.69) is 15.6 Å². The molecule has 106 valence electrons. The number of nitrogens with zero attached hydrogens (tertiary/aromatic N) is 1. The summed E-state index contributed by atoms with van der Waals surface area (Å²) >= 11 is 1.59. The number of amides is 2. The van der Waals surface area contributed by atoms with E-state index in [1.807, 2.05) is 45.0 Å². The van der Waals surface area contributed by atoms with Crippen LogP contribution in [0.2, 0.25) is 0 Å². The van der Waals surface area contributed by atoms with Gasteiger partial charge in [-0.05, 0) is 26.3 Å². The summed E-state index contributed by atoms with van der Waals surface area (Å²) in [6.45, 7) is 6.48. The van der Waals surface area contributed by atoms with Crippen LogP contribution < -0.4 is 10.6 Å². The normalized spacial score (nSPS) is 11.9. The van der Waals surface area contributed by atoms with E-state index in [-0.39, 0.29) is 12.1 Å². The van der Waals surface area contributed by atoms with E-state index in [4.69, 9.17) is 0 Å². The standard InChI is InChI=1S/C15H19N3OS/c1-10-4-6-13(7-5-10)11(2)18-15(19)17-9-14-8-16-12(3)20-14/h4-8,11H,9H2,1-3H3,(H2,17,18,19). The summed E-state index contributed by atoms with van der Waals surface area (Å²) in [5.74, 6) is 0. The molecule has 0 spiro atoms. The van der Waals surface area contributed by atoms with Crippen molar-refractivity contribution in [1.29, 1.82) is 0 Å². The fourth-order valence-corrected chi connectivity index (χ4v) is 2.58. The van der Waals surface area contributed by atoms with Crippen molar-refractivity contribution in [2.24, 2.45) is 0 Å². The van der Waals surface area contributed by atoms with E-state index < -0.39 is 0 Å². The van der Waals surface area contributed by atoms with E-state index in [1.54, 1.807) is 17.5 Å². The summed E-state index contributed by atoms with van der Waals surface area (Å²) in [5.41, 5.74) is 2.31. The fourth-order valence-electron chi connectivity index (χ4n) is 1.84. The second-order valence-corrected chi connectivity index (χ2v) is 6.12. The number of aryl methyl sites for hydroxylation is 2. The van der Waals surface area contributed by atoms with Gasteiger partial charge in [-0.1, -0.05) is 29.8 Å². The molecule has 1 atom stereocenters. The largest absolute Gasteiger partial charge is 0.333 e. The molecule has 1 heterocycles. The molecule has 0 fully saturated rings. The maximum atomic E-state index is 11.8. The second kappa shape index (κ2) is 6.52. The van der Waals surface area contributed by atoms with Crippen molar-refractivity contribution >= 4 is 17.4 Å². The van der Waals surface area contributed by atoms with Crippen LogP contribution >= 0.6 is 11.3 Å². The van der Waals surface area contributed by atoms with E-state index in [1.165, 1.54) is 5.56 Å². The molecular weight excluding hydrogens is 270 g/mol. The number of thiazole rings is 1. The Morgan fingerprint density at radius 1 is 1.30 bits per heavy atom. The molecule has 1 aromatic heterocycles. The maximum Gasteiger partial charge on any atom is 0.315 e. The molecule has 2 amide bonds. The van der Waals surface area contributed by atoms with Gasteiger partial charge in [-0.25, -0.2) is 9.78 Å². The smallest absolute Gasteiger partial charge is 0.315 e. The summed E-state index contributed by atoms with van der Waals surface area (Å²) in [7, 11) is 0. The van der Waals surface area contributed by atoms with Crippen LogP contribution in [0.15, 0.2) is 30.5 Å². The predicted octanol–water partition coefficient (Wildman–Crippen LogP) is 3.32. The van der Waals surface area contributed by atoms with Gasteiger partial charge in [0.2, 0.25) is 0 Å². The number of nitrogens with one attached hydrogen (secondary N) is 2. The van der Waals surface area contributed by atoms with Gasteiger partial charge in [0.1, 0.15) is 0 Å². The van der Waals surface area contributed by atoms with Crippen molar-refractivity contribution in [1.82, 2.24) is 15.6 Å². The van der Waals surface area contributed by atoms with Crippen LogP contribution in [-0.4, -0.2) is 11.0 Å². The Balaban J connectivity index is 1.83. The highest BCUT2D eigenvalue weighted by Crippen LogP contribution is 2.13. The van der Waals surface area contributed by atoms with E-state index in [0.29, 0.717) is 6.54 Å². The average molecular weight is 289 g/mol. The first-order valence-electron chi connectivity index (χ1n) is 6.57. The zero-order valence-corrected chi connectivity index (χ0v) is 12.8. The molecule has 2 rings (SSSR count).